The highest BCUT2D eigenvalue weighted by Gasteiger charge is 2.26. The number of carbonyl (C=O) groups excluding carboxylic acids is 1. The second kappa shape index (κ2) is 8.28. The fourth-order valence-corrected chi connectivity index (χ4v) is 3.60. The summed E-state index contributed by atoms with van der Waals surface area (Å²) in [5.41, 5.74) is 8.50. The minimum atomic E-state index is -0.369. The van der Waals surface area contributed by atoms with Crippen molar-refractivity contribution in [3.8, 4) is 0 Å². The van der Waals surface area contributed by atoms with E-state index >= 15 is 0 Å². The van der Waals surface area contributed by atoms with E-state index in [0.29, 0.717) is 11.6 Å². The van der Waals surface area contributed by atoms with Crippen LogP contribution in [0, 0.1) is 0 Å². The molecular weight excluding hydrogens is 310 g/mol. The molecule has 0 aromatic heterocycles. The van der Waals surface area contributed by atoms with Gasteiger partial charge in [0.15, 0.2) is 0 Å². The van der Waals surface area contributed by atoms with Crippen molar-refractivity contribution in [1.82, 2.24) is 9.80 Å². The lowest BCUT2D eigenvalue weighted by Crippen LogP contribution is -2.36. The Labute approximate surface area is 150 Å². The van der Waals surface area contributed by atoms with E-state index in [9.17, 15) is 4.79 Å². The van der Waals surface area contributed by atoms with Crippen LogP contribution < -0.4 is 5.73 Å². The van der Waals surface area contributed by atoms with Crippen LogP contribution in [0.25, 0.3) is 0 Å². The maximum atomic E-state index is 11.2. The molecule has 2 aromatic rings. The number of likely N-dealkylation sites (tertiary alicyclic amines) is 1. The first-order valence-corrected chi connectivity index (χ1v) is 9.04. The van der Waals surface area contributed by atoms with E-state index in [-0.39, 0.29) is 5.91 Å². The first kappa shape index (κ1) is 17.6. The molecule has 4 nitrogen and oxygen atoms in total. The number of nitrogens with zero attached hydrogens (tertiary/aromatic N) is 2. The molecule has 1 fully saturated rings. The molecule has 25 heavy (non-hydrogen) atoms. The van der Waals surface area contributed by atoms with Gasteiger partial charge in [0.05, 0.1) is 0 Å². The van der Waals surface area contributed by atoms with Gasteiger partial charge >= 0.3 is 0 Å². The number of amides is 1. The van der Waals surface area contributed by atoms with Gasteiger partial charge in [-0.05, 0) is 36.2 Å². The molecule has 1 aliphatic rings. The lowest BCUT2D eigenvalue weighted by atomic mass is 10.1. The zero-order chi connectivity index (χ0) is 17.6. The average Bonchev–Trinajstić information content (AvgIpc) is 3.09. The van der Waals surface area contributed by atoms with E-state index in [1.54, 1.807) is 0 Å². The minimum Gasteiger partial charge on any atom is -0.366 e. The molecule has 0 aliphatic carbocycles. The van der Waals surface area contributed by atoms with E-state index in [0.717, 1.165) is 32.7 Å². The third kappa shape index (κ3) is 4.68. The largest absolute Gasteiger partial charge is 0.366 e. The number of rotatable bonds is 7. The van der Waals surface area contributed by atoms with Crippen molar-refractivity contribution in [2.75, 3.05) is 19.6 Å². The van der Waals surface area contributed by atoms with Crippen LogP contribution >= 0.6 is 0 Å². The summed E-state index contributed by atoms with van der Waals surface area (Å²) in [7, 11) is 0. The third-order valence-electron chi connectivity index (χ3n) is 5.04. The average molecular weight is 337 g/mol. The van der Waals surface area contributed by atoms with Crippen LogP contribution in [0.1, 0.15) is 34.8 Å². The lowest BCUT2D eigenvalue weighted by Gasteiger charge is -2.28. The number of primary amides is 1. The molecule has 1 aliphatic heterocycles. The highest BCUT2D eigenvalue weighted by atomic mass is 16.1. The molecule has 2 N–H and O–H groups in total. The Hall–Kier alpha value is -2.17. The van der Waals surface area contributed by atoms with Gasteiger partial charge in [-0.3, -0.25) is 14.6 Å². The van der Waals surface area contributed by atoms with Crippen molar-refractivity contribution in [2.24, 2.45) is 5.73 Å². The van der Waals surface area contributed by atoms with Crippen LogP contribution in [0.3, 0.4) is 0 Å². The maximum Gasteiger partial charge on any atom is 0.248 e. The van der Waals surface area contributed by atoms with Gasteiger partial charge in [-0.2, -0.15) is 0 Å². The van der Waals surface area contributed by atoms with Gasteiger partial charge in [0.2, 0.25) is 5.91 Å². The first-order valence-electron chi connectivity index (χ1n) is 9.04. The van der Waals surface area contributed by atoms with Crippen LogP contribution in [-0.4, -0.2) is 41.4 Å². The Morgan fingerprint density at radius 2 is 1.84 bits per heavy atom. The minimum absolute atomic E-state index is 0.369. The summed E-state index contributed by atoms with van der Waals surface area (Å²) >= 11 is 0. The second-order valence-corrected chi connectivity index (χ2v) is 6.79. The number of likely N-dealkylation sites (N-methyl/N-ethyl adjacent to an activating group) is 1. The molecule has 0 radical (unpaired) electrons. The Kier molecular flexibility index (Phi) is 5.84. The topological polar surface area (TPSA) is 49.6 Å². The van der Waals surface area contributed by atoms with Gasteiger partial charge < -0.3 is 5.73 Å². The monoisotopic (exact) mass is 337 g/mol. The molecule has 0 unspecified atom stereocenters. The summed E-state index contributed by atoms with van der Waals surface area (Å²) in [4.78, 5) is 16.3. The number of benzene rings is 2. The van der Waals surface area contributed by atoms with Crippen molar-refractivity contribution < 1.29 is 4.79 Å². The molecular formula is C21H27N3O. The predicted molar refractivity (Wildman–Crippen MR) is 101 cm³/mol. The molecule has 3 rings (SSSR count). The predicted octanol–water partition coefficient (Wildman–Crippen LogP) is 2.88. The SMILES string of the molecule is CCN(Cc1ccc(C(N)=O)cc1)[C@@H]1CCN(Cc2ccccc2)C1. The number of carbonyl (C=O) groups is 1. The molecule has 2 aromatic carbocycles. The Morgan fingerprint density at radius 1 is 1.12 bits per heavy atom. The summed E-state index contributed by atoms with van der Waals surface area (Å²) in [6, 6.07) is 18.9. The number of hydrogen-bond acceptors (Lipinski definition) is 3. The molecule has 0 bridgehead atoms. The maximum absolute atomic E-state index is 11.2. The van der Waals surface area contributed by atoms with Gasteiger partial charge in [0.1, 0.15) is 0 Å². The third-order valence-corrected chi connectivity index (χ3v) is 5.04. The van der Waals surface area contributed by atoms with Crippen molar-refractivity contribution >= 4 is 5.91 Å². The molecule has 1 heterocycles. The van der Waals surface area contributed by atoms with Gasteiger partial charge in [0, 0.05) is 37.8 Å². The van der Waals surface area contributed by atoms with Crippen LogP contribution in [-0.2, 0) is 13.1 Å². The van der Waals surface area contributed by atoms with Gasteiger partial charge in [-0.25, -0.2) is 0 Å². The normalized spacial score (nSPS) is 17.9. The zero-order valence-electron chi connectivity index (χ0n) is 14.9. The molecule has 132 valence electrons. The van der Waals surface area contributed by atoms with E-state index in [1.807, 2.05) is 24.3 Å². The Bertz CT molecular complexity index is 684. The number of hydrogen-bond donors (Lipinski definition) is 1. The molecule has 0 saturated carbocycles. The molecule has 4 heteroatoms. The summed E-state index contributed by atoms with van der Waals surface area (Å²) in [6.07, 6.45) is 1.21. The van der Waals surface area contributed by atoms with E-state index < -0.39 is 0 Å². The molecule has 1 atom stereocenters. The van der Waals surface area contributed by atoms with Crippen LogP contribution in [0.4, 0.5) is 0 Å². The molecule has 1 saturated heterocycles. The van der Waals surface area contributed by atoms with Crippen LogP contribution in [0.2, 0.25) is 0 Å². The zero-order valence-corrected chi connectivity index (χ0v) is 14.9. The Balaban J connectivity index is 1.57. The first-order chi connectivity index (χ1) is 12.2. The lowest BCUT2D eigenvalue weighted by molar-refractivity contribution is 0.1000. The van der Waals surface area contributed by atoms with Crippen molar-refractivity contribution in [1.29, 1.82) is 0 Å². The summed E-state index contributed by atoms with van der Waals surface area (Å²) in [5, 5.41) is 0. The van der Waals surface area contributed by atoms with Crippen LogP contribution in [0.5, 0.6) is 0 Å². The summed E-state index contributed by atoms with van der Waals surface area (Å²) in [5.74, 6) is -0.369. The molecule has 1 amide bonds. The summed E-state index contributed by atoms with van der Waals surface area (Å²) < 4.78 is 0. The summed E-state index contributed by atoms with van der Waals surface area (Å²) in [6.45, 7) is 7.46. The fraction of sp³-hybridized carbons (Fsp3) is 0.381. The standard InChI is InChI=1S/C21H27N3O/c1-2-24(15-18-8-10-19(11-9-18)21(22)25)20-12-13-23(16-20)14-17-6-4-3-5-7-17/h3-11,20H,2,12-16H2,1H3,(H2,22,25)/t20-/m1/s1. The number of nitrogens with two attached hydrogens (primary N) is 1. The highest BCUT2D eigenvalue weighted by Crippen LogP contribution is 2.20. The second-order valence-electron chi connectivity index (χ2n) is 6.79. The molecule has 0 spiro atoms. The quantitative estimate of drug-likeness (QED) is 0.845. The van der Waals surface area contributed by atoms with Crippen LogP contribution in [0.15, 0.2) is 54.6 Å². The van der Waals surface area contributed by atoms with Gasteiger partial charge in [0.25, 0.3) is 0 Å². The Morgan fingerprint density at radius 3 is 2.48 bits per heavy atom. The fourth-order valence-electron chi connectivity index (χ4n) is 3.60. The van der Waals surface area contributed by atoms with E-state index in [2.05, 4.69) is 47.1 Å². The van der Waals surface area contributed by atoms with Crippen molar-refractivity contribution in [2.45, 2.75) is 32.5 Å². The van der Waals surface area contributed by atoms with Gasteiger partial charge in [-0.15, -0.1) is 0 Å². The highest BCUT2D eigenvalue weighted by molar-refractivity contribution is 5.92. The van der Waals surface area contributed by atoms with E-state index in [4.69, 9.17) is 5.73 Å². The van der Waals surface area contributed by atoms with E-state index in [1.165, 1.54) is 17.5 Å². The smallest absolute Gasteiger partial charge is 0.248 e. The van der Waals surface area contributed by atoms with Crippen molar-refractivity contribution in [3.63, 3.8) is 0 Å². The van der Waals surface area contributed by atoms with Crippen molar-refractivity contribution in [3.05, 3.63) is 71.3 Å². The van der Waals surface area contributed by atoms with Gasteiger partial charge in [-0.1, -0.05) is 49.4 Å².